The second kappa shape index (κ2) is 7.15. The Bertz CT molecular complexity index is 1220. The van der Waals surface area contributed by atoms with Crippen molar-refractivity contribution in [2.45, 2.75) is 26.8 Å². The van der Waals surface area contributed by atoms with Gasteiger partial charge in [0, 0.05) is 12.1 Å². The molecular formula is C20H18N4O4. The monoisotopic (exact) mass is 378 g/mol. The fraction of sp³-hybridized carbons (Fsp3) is 0.200. The minimum absolute atomic E-state index is 0.351. The predicted molar refractivity (Wildman–Crippen MR) is 104 cm³/mol. The summed E-state index contributed by atoms with van der Waals surface area (Å²) in [6.07, 6.45) is 3.42. The van der Waals surface area contributed by atoms with Crippen LogP contribution in [0.4, 0.5) is 0 Å². The number of rotatable bonds is 5. The molecule has 1 N–H and O–H groups in total. The molecule has 4 rings (SSSR count). The smallest absolute Gasteiger partial charge is 0.328 e. The van der Waals surface area contributed by atoms with Crippen molar-refractivity contribution in [1.82, 2.24) is 19.5 Å². The lowest BCUT2D eigenvalue weighted by molar-refractivity contribution is 0.467. The average molecular weight is 378 g/mol. The number of aromatic amines is 1. The Labute approximate surface area is 159 Å². The van der Waals surface area contributed by atoms with Gasteiger partial charge in [-0.15, -0.1) is 0 Å². The van der Waals surface area contributed by atoms with E-state index in [1.165, 1.54) is 12.6 Å². The van der Waals surface area contributed by atoms with Gasteiger partial charge < -0.3 is 9.15 Å². The summed E-state index contributed by atoms with van der Waals surface area (Å²) in [5.41, 5.74) is 1.66. The zero-order valence-corrected chi connectivity index (χ0v) is 15.4. The predicted octanol–water partition coefficient (Wildman–Crippen LogP) is 3.11. The van der Waals surface area contributed by atoms with E-state index < -0.39 is 5.69 Å². The van der Waals surface area contributed by atoms with Crippen LogP contribution in [-0.4, -0.2) is 19.5 Å². The highest BCUT2D eigenvalue weighted by Gasteiger charge is 2.15. The molecule has 8 nitrogen and oxygen atoms in total. The molecule has 4 aromatic rings. The van der Waals surface area contributed by atoms with Crippen LogP contribution in [0.3, 0.4) is 0 Å². The molecule has 0 saturated carbocycles. The van der Waals surface area contributed by atoms with Crippen molar-refractivity contribution >= 4 is 11.1 Å². The molecule has 0 aliphatic carbocycles. The van der Waals surface area contributed by atoms with Crippen LogP contribution in [0.5, 0.6) is 11.6 Å². The Morgan fingerprint density at radius 3 is 2.61 bits per heavy atom. The van der Waals surface area contributed by atoms with Gasteiger partial charge in [-0.1, -0.05) is 6.92 Å². The van der Waals surface area contributed by atoms with Crippen molar-refractivity contribution in [3.8, 4) is 22.9 Å². The summed E-state index contributed by atoms with van der Waals surface area (Å²) in [4.78, 5) is 35.0. The summed E-state index contributed by atoms with van der Waals surface area (Å²) in [5, 5.41) is 0.675. The summed E-state index contributed by atoms with van der Waals surface area (Å²) in [6, 6.07) is 8.93. The number of H-pyrrole nitrogens is 1. The van der Waals surface area contributed by atoms with Crippen molar-refractivity contribution in [3.05, 3.63) is 69.3 Å². The van der Waals surface area contributed by atoms with E-state index in [0.29, 0.717) is 47.0 Å². The molecule has 0 amide bonds. The lowest BCUT2D eigenvalue weighted by atomic mass is 10.0. The van der Waals surface area contributed by atoms with E-state index in [-0.39, 0.29) is 5.56 Å². The molecule has 3 heterocycles. The molecule has 1 aromatic carbocycles. The third-order valence-corrected chi connectivity index (χ3v) is 4.53. The molecule has 0 saturated heterocycles. The van der Waals surface area contributed by atoms with E-state index in [4.69, 9.17) is 9.15 Å². The van der Waals surface area contributed by atoms with E-state index in [9.17, 15) is 9.59 Å². The number of aromatic nitrogens is 4. The summed E-state index contributed by atoms with van der Waals surface area (Å²) in [6.45, 7) is 4.21. The van der Waals surface area contributed by atoms with Gasteiger partial charge in [-0.2, -0.15) is 0 Å². The molecule has 3 aromatic heterocycles. The van der Waals surface area contributed by atoms with Gasteiger partial charge in [0.1, 0.15) is 17.5 Å². The molecule has 142 valence electrons. The van der Waals surface area contributed by atoms with Crippen LogP contribution in [0.25, 0.3) is 22.4 Å². The van der Waals surface area contributed by atoms with Crippen LogP contribution in [0.2, 0.25) is 0 Å². The second-order valence-corrected chi connectivity index (χ2v) is 6.13. The largest absolute Gasteiger partial charge is 0.446 e. The summed E-state index contributed by atoms with van der Waals surface area (Å²) in [7, 11) is 0. The van der Waals surface area contributed by atoms with E-state index in [0.717, 1.165) is 5.56 Å². The van der Waals surface area contributed by atoms with Gasteiger partial charge in [0.25, 0.3) is 5.56 Å². The van der Waals surface area contributed by atoms with E-state index in [1.54, 1.807) is 22.8 Å². The Balaban J connectivity index is 1.74. The zero-order chi connectivity index (χ0) is 19.7. The third-order valence-electron chi connectivity index (χ3n) is 4.53. The first-order valence-electron chi connectivity index (χ1n) is 8.94. The Hall–Kier alpha value is -3.68. The standard InChI is InChI=1S/C20H18N4O4/c1-3-14-16(24(4-2)20(26)23-17(14)25)12-5-7-13(8-6-12)28-19-15-9-10-27-18(15)21-11-22-19/h5-11H,3-4H2,1-2H3,(H,23,25,26). The van der Waals surface area contributed by atoms with Gasteiger partial charge in [0.05, 0.1) is 12.0 Å². The normalized spacial score (nSPS) is 11.1. The maximum absolute atomic E-state index is 12.2. The van der Waals surface area contributed by atoms with Gasteiger partial charge in [-0.25, -0.2) is 14.8 Å². The van der Waals surface area contributed by atoms with Crippen LogP contribution in [-0.2, 0) is 13.0 Å². The highest BCUT2D eigenvalue weighted by Crippen LogP contribution is 2.29. The van der Waals surface area contributed by atoms with Gasteiger partial charge in [-0.05, 0) is 49.2 Å². The number of hydrogen-bond donors (Lipinski definition) is 1. The molecule has 28 heavy (non-hydrogen) atoms. The maximum Gasteiger partial charge on any atom is 0.328 e. The molecule has 0 spiro atoms. The Morgan fingerprint density at radius 2 is 1.89 bits per heavy atom. The quantitative estimate of drug-likeness (QED) is 0.572. The van der Waals surface area contributed by atoms with Crippen molar-refractivity contribution < 1.29 is 9.15 Å². The Morgan fingerprint density at radius 1 is 1.11 bits per heavy atom. The molecule has 0 fully saturated rings. The molecule has 0 unspecified atom stereocenters. The molecule has 0 atom stereocenters. The third kappa shape index (κ3) is 2.98. The highest BCUT2D eigenvalue weighted by molar-refractivity contribution is 5.78. The fourth-order valence-electron chi connectivity index (χ4n) is 3.21. The van der Waals surface area contributed by atoms with Crippen molar-refractivity contribution in [3.63, 3.8) is 0 Å². The minimum Gasteiger partial charge on any atom is -0.446 e. The first-order chi connectivity index (χ1) is 13.6. The SMILES string of the molecule is CCc1c(-c2ccc(Oc3ncnc4occc34)cc2)n(CC)c(=O)[nH]c1=O. The summed E-state index contributed by atoms with van der Waals surface area (Å²) < 4.78 is 12.7. The summed E-state index contributed by atoms with van der Waals surface area (Å²) in [5.74, 6) is 0.959. The van der Waals surface area contributed by atoms with Crippen LogP contribution >= 0.6 is 0 Å². The first-order valence-corrected chi connectivity index (χ1v) is 8.94. The number of ether oxygens (including phenoxy) is 1. The molecule has 0 aliphatic rings. The maximum atomic E-state index is 12.2. The van der Waals surface area contributed by atoms with E-state index in [1.807, 2.05) is 26.0 Å². The molecule has 0 radical (unpaired) electrons. The lowest BCUT2D eigenvalue weighted by Crippen LogP contribution is -2.33. The van der Waals surface area contributed by atoms with Gasteiger partial charge in [0.2, 0.25) is 11.6 Å². The topological polar surface area (TPSA) is 103 Å². The molecule has 8 heteroatoms. The number of fused-ring (bicyclic) bond motifs is 1. The van der Waals surface area contributed by atoms with Gasteiger partial charge in [0.15, 0.2) is 0 Å². The zero-order valence-electron chi connectivity index (χ0n) is 15.4. The highest BCUT2D eigenvalue weighted by atomic mass is 16.5. The van der Waals surface area contributed by atoms with Crippen LogP contribution in [0.1, 0.15) is 19.4 Å². The van der Waals surface area contributed by atoms with Crippen LogP contribution < -0.4 is 16.0 Å². The molecule has 0 bridgehead atoms. The molecular weight excluding hydrogens is 360 g/mol. The van der Waals surface area contributed by atoms with Crippen molar-refractivity contribution in [1.29, 1.82) is 0 Å². The summed E-state index contributed by atoms with van der Waals surface area (Å²) >= 11 is 0. The van der Waals surface area contributed by atoms with Crippen LogP contribution in [0, 0.1) is 0 Å². The van der Waals surface area contributed by atoms with E-state index >= 15 is 0 Å². The number of furan rings is 1. The molecule has 0 aliphatic heterocycles. The number of hydrogen-bond acceptors (Lipinski definition) is 6. The van der Waals surface area contributed by atoms with Gasteiger partial charge >= 0.3 is 5.69 Å². The minimum atomic E-state index is -0.414. The average Bonchev–Trinajstić information content (AvgIpc) is 3.18. The van der Waals surface area contributed by atoms with Gasteiger partial charge in [-0.3, -0.25) is 14.3 Å². The number of nitrogens with zero attached hydrogens (tertiary/aromatic N) is 3. The van der Waals surface area contributed by atoms with Crippen molar-refractivity contribution in [2.24, 2.45) is 0 Å². The van der Waals surface area contributed by atoms with Crippen molar-refractivity contribution in [2.75, 3.05) is 0 Å². The van der Waals surface area contributed by atoms with E-state index in [2.05, 4.69) is 15.0 Å². The Kier molecular flexibility index (Phi) is 4.52. The number of nitrogens with one attached hydrogen (secondary N) is 1. The second-order valence-electron chi connectivity index (χ2n) is 6.13. The first kappa shape index (κ1) is 17.7. The number of benzene rings is 1. The fourth-order valence-corrected chi connectivity index (χ4v) is 3.21. The van der Waals surface area contributed by atoms with Crippen LogP contribution in [0.15, 0.2) is 56.9 Å². The lowest BCUT2D eigenvalue weighted by Gasteiger charge is -2.15.